The van der Waals surface area contributed by atoms with E-state index >= 15 is 0 Å². The SMILES string of the molecule is CNCCC(=O)NCCCN1CCCC1.Cl.Cl. The fourth-order valence-corrected chi connectivity index (χ4v) is 1.86. The van der Waals surface area contributed by atoms with Crippen molar-refractivity contribution in [3.05, 3.63) is 0 Å². The molecular weight excluding hydrogens is 261 g/mol. The van der Waals surface area contributed by atoms with Gasteiger partial charge in [-0.2, -0.15) is 0 Å². The molecule has 104 valence electrons. The molecule has 1 fully saturated rings. The number of hydrogen-bond acceptors (Lipinski definition) is 3. The minimum atomic E-state index is 0. The van der Waals surface area contributed by atoms with Gasteiger partial charge >= 0.3 is 0 Å². The second-order valence-electron chi connectivity index (χ2n) is 4.11. The number of carbonyl (C=O) groups excluding carboxylic acids is 1. The van der Waals surface area contributed by atoms with Crippen LogP contribution in [0.25, 0.3) is 0 Å². The predicted octanol–water partition coefficient (Wildman–Crippen LogP) is 1.04. The molecule has 0 spiro atoms. The summed E-state index contributed by atoms with van der Waals surface area (Å²) in [6.45, 7) is 5.20. The maximum atomic E-state index is 11.2. The van der Waals surface area contributed by atoms with E-state index in [1.165, 1.54) is 25.9 Å². The van der Waals surface area contributed by atoms with Crippen molar-refractivity contribution in [1.29, 1.82) is 0 Å². The van der Waals surface area contributed by atoms with Gasteiger partial charge in [0.15, 0.2) is 0 Å². The lowest BCUT2D eigenvalue weighted by atomic mass is 10.3. The van der Waals surface area contributed by atoms with E-state index in [2.05, 4.69) is 15.5 Å². The van der Waals surface area contributed by atoms with Crippen LogP contribution in [-0.4, -0.2) is 50.6 Å². The minimum absolute atomic E-state index is 0. The highest BCUT2D eigenvalue weighted by Gasteiger charge is 2.10. The highest BCUT2D eigenvalue weighted by atomic mass is 35.5. The van der Waals surface area contributed by atoms with Crippen LogP contribution in [0.3, 0.4) is 0 Å². The lowest BCUT2D eigenvalue weighted by Crippen LogP contribution is -2.30. The molecule has 0 atom stereocenters. The van der Waals surface area contributed by atoms with Crippen molar-refractivity contribution in [3.8, 4) is 0 Å². The number of likely N-dealkylation sites (tertiary alicyclic amines) is 1. The predicted molar refractivity (Wildman–Crippen MR) is 76.3 cm³/mol. The fourth-order valence-electron chi connectivity index (χ4n) is 1.86. The third kappa shape index (κ3) is 9.65. The molecule has 0 aliphatic carbocycles. The van der Waals surface area contributed by atoms with Crippen molar-refractivity contribution in [2.75, 3.05) is 39.8 Å². The number of nitrogens with zero attached hydrogens (tertiary/aromatic N) is 1. The molecule has 1 aliphatic heterocycles. The molecule has 1 heterocycles. The Kier molecular flexibility index (Phi) is 14.1. The Balaban J connectivity index is 0. The summed E-state index contributed by atoms with van der Waals surface area (Å²) >= 11 is 0. The summed E-state index contributed by atoms with van der Waals surface area (Å²) in [5, 5.41) is 5.90. The van der Waals surface area contributed by atoms with Gasteiger partial charge in [-0.1, -0.05) is 0 Å². The average molecular weight is 286 g/mol. The quantitative estimate of drug-likeness (QED) is 0.687. The number of hydrogen-bond donors (Lipinski definition) is 2. The Labute approximate surface area is 117 Å². The van der Waals surface area contributed by atoms with Crippen LogP contribution in [0.1, 0.15) is 25.7 Å². The molecule has 1 amide bonds. The van der Waals surface area contributed by atoms with Crippen LogP contribution < -0.4 is 10.6 Å². The zero-order valence-corrected chi connectivity index (χ0v) is 12.2. The van der Waals surface area contributed by atoms with Crippen molar-refractivity contribution >= 4 is 30.7 Å². The molecule has 0 radical (unpaired) electrons. The van der Waals surface area contributed by atoms with E-state index in [0.29, 0.717) is 6.42 Å². The average Bonchev–Trinajstić information content (AvgIpc) is 2.74. The van der Waals surface area contributed by atoms with Gasteiger partial charge in [0.25, 0.3) is 0 Å². The van der Waals surface area contributed by atoms with Gasteiger partial charge in [-0.25, -0.2) is 0 Å². The first-order chi connectivity index (χ1) is 7.33. The zero-order chi connectivity index (χ0) is 10.9. The molecule has 0 aromatic rings. The van der Waals surface area contributed by atoms with Crippen LogP contribution >= 0.6 is 24.8 Å². The second-order valence-corrected chi connectivity index (χ2v) is 4.11. The van der Waals surface area contributed by atoms with E-state index < -0.39 is 0 Å². The van der Waals surface area contributed by atoms with Crippen LogP contribution in [-0.2, 0) is 4.79 Å². The molecule has 2 N–H and O–H groups in total. The number of amides is 1. The summed E-state index contributed by atoms with van der Waals surface area (Å²) < 4.78 is 0. The van der Waals surface area contributed by atoms with Gasteiger partial charge in [-0.05, 0) is 45.9 Å². The number of rotatable bonds is 7. The largest absolute Gasteiger partial charge is 0.356 e. The van der Waals surface area contributed by atoms with E-state index in [-0.39, 0.29) is 30.7 Å². The smallest absolute Gasteiger partial charge is 0.221 e. The maximum Gasteiger partial charge on any atom is 0.221 e. The molecule has 0 unspecified atom stereocenters. The Morgan fingerprint density at radius 2 is 1.82 bits per heavy atom. The standard InChI is InChI=1S/C11H23N3O.2ClH/c1-12-7-5-11(15)13-6-4-10-14-8-2-3-9-14;;/h12H,2-10H2,1H3,(H,13,15);2*1H. The van der Waals surface area contributed by atoms with Crippen LogP contribution in [0.15, 0.2) is 0 Å². The van der Waals surface area contributed by atoms with Gasteiger partial charge in [0.2, 0.25) is 5.91 Å². The van der Waals surface area contributed by atoms with Crippen molar-refractivity contribution in [2.45, 2.75) is 25.7 Å². The van der Waals surface area contributed by atoms with Crippen LogP contribution in [0, 0.1) is 0 Å². The summed E-state index contributed by atoms with van der Waals surface area (Å²) in [5.41, 5.74) is 0. The van der Waals surface area contributed by atoms with Crippen molar-refractivity contribution in [1.82, 2.24) is 15.5 Å². The van der Waals surface area contributed by atoms with E-state index in [9.17, 15) is 4.79 Å². The highest BCUT2D eigenvalue weighted by molar-refractivity contribution is 5.85. The molecule has 17 heavy (non-hydrogen) atoms. The van der Waals surface area contributed by atoms with Crippen LogP contribution in [0.4, 0.5) is 0 Å². The van der Waals surface area contributed by atoms with E-state index in [1.807, 2.05) is 7.05 Å². The van der Waals surface area contributed by atoms with E-state index in [4.69, 9.17) is 0 Å². The molecule has 1 saturated heterocycles. The maximum absolute atomic E-state index is 11.2. The molecule has 0 bridgehead atoms. The summed E-state index contributed by atoms with van der Waals surface area (Å²) in [6, 6.07) is 0. The number of nitrogens with one attached hydrogen (secondary N) is 2. The van der Waals surface area contributed by atoms with Gasteiger partial charge in [0.05, 0.1) is 0 Å². The van der Waals surface area contributed by atoms with Gasteiger partial charge in [-0.15, -0.1) is 24.8 Å². The Morgan fingerprint density at radius 3 is 2.41 bits per heavy atom. The molecule has 0 aromatic heterocycles. The second kappa shape index (κ2) is 12.4. The van der Waals surface area contributed by atoms with Gasteiger partial charge in [0, 0.05) is 19.5 Å². The third-order valence-corrected chi connectivity index (χ3v) is 2.77. The number of halogens is 2. The van der Waals surface area contributed by atoms with E-state index in [1.54, 1.807) is 0 Å². The van der Waals surface area contributed by atoms with Gasteiger partial charge in [-0.3, -0.25) is 4.79 Å². The normalized spacial score (nSPS) is 14.9. The van der Waals surface area contributed by atoms with E-state index in [0.717, 1.165) is 26.1 Å². The summed E-state index contributed by atoms with van der Waals surface area (Å²) in [7, 11) is 1.86. The molecular formula is C11H25Cl2N3O. The molecule has 6 heteroatoms. The molecule has 4 nitrogen and oxygen atoms in total. The van der Waals surface area contributed by atoms with Crippen molar-refractivity contribution < 1.29 is 4.79 Å². The Morgan fingerprint density at radius 1 is 1.18 bits per heavy atom. The van der Waals surface area contributed by atoms with Gasteiger partial charge < -0.3 is 15.5 Å². The molecule has 1 aliphatic rings. The summed E-state index contributed by atoms with van der Waals surface area (Å²) in [5.74, 6) is 0.158. The minimum Gasteiger partial charge on any atom is -0.356 e. The summed E-state index contributed by atoms with van der Waals surface area (Å²) in [6.07, 6.45) is 4.34. The first kappa shape index (κ1) is 19.3. The zero-order valence-electron chi connectivity index (χ0n) is 10.5. The third-order valence-electron chi connectivity index (χ3n) is 2.77. The highest BCUT2D eigenvalue weighted by Crippen LogP contribution is 2.06. The topological polar surface area (TPSA) is 44.4 Å². The first-order valence-electron chi connectivity index (χ1n) is 5.96. The van der Waals surface area contributed by atoms with Crippen LogP contribution in [0.5, 0.6) is 0 Å². The van der Waals surface area contributed by atoms with Gasteiger partial charge in [0.1, 0.15) is 0 Å². The van der Waals surface area contributed by atoms with Crippen molar-refractivity contribution in [3.63, 3.8) is 0 Å². The molecule has 1 rings (SSSR count). The lowest BCUT2D eigenvalue weighted by molar-refractivity contribution is -0.120. The monoisotopic (exact) mass is 285 g/mol. The Hall–Kier alpha value is -0.0300. The summed E-state index contributed by atoms with van der Waals surface area (Å²) in [4.78, 5) is 13.7. The lowest BCUT2D eigenvalue weighted by Gasteiger charge is -2.14. The molecule has 0 saturated carbocycles. The number of carbonyl (C=O) groups is 1. The van der Waals surface area contributed by atoms with Crippen LogP contribution in [0.2, 0.25) is 0 Å². The Bertz CT molecular complexity index is 188. The fraction of sp³-hybridized carbons (Fsp3) is 0.909. The molecule has 0 aromatic carbocycles. The first-order valence-corrected chi connectivity index (χ1v) is 5.96. The van der Waals surface area contributed by atoms with Crippen molar-refractivity contribution in [2.24, 2.45) is 0 Å².